The molecule has 7 heteroatoms. The summed E-state index contributed by atoms with van der Waals surface area (Å²) >= 11 is 7.63. The van der Waals surface area contributed by atoms with Crippen molar-refractivity contribution in [3.8, 4) is 11.5 Å². The van der Waals surface area contributed by atoms with E-state index in [1.165, 1.54) is 11.3 Å². The van der Waals surface area contributed by atoms with Crippen LogP contribution in [-0.2, 0) is 17.8 Å². The highest BCUT2D eigenvalue weighted by atomic mass is 35.5. The highest BCUT2D eigenvalue weighted by molar-refractivity contribution is 7.15. The number of nitrogens with one attached hydrogen (secondary N) is 1. The molecule has 0 aliphatic carbocycles. The van der Waals surface area contributed by atoms with Crippen LogP contribution in [0, 0.1) is 6.92 Å². The van der Waals surface area contributed by atoms with Crippen LogP contribution in [0.5, 0.6) is 11.5 Å². The number of halogens is 1. The first-order chi connectivity index (χ1) is 16.0. The molecule has 1 aromatic heterocycles. The molecule has 1 heterocycles. The van der Waals surface area contributed by atoms with Crippen molar-refractivity contribution in [2.45, 2.75) is 20.0 Å². The maximum Gasteiger partial charge on any atom is 0.264 e. The van der Waals surface area contributed by atoms with Gasteiger partial charge in [0.2, 0.25) is 0 Å². The Bertz CT molecular complexity index is 1210. The third-order valence-corrected chi connectivity index (χ3v) is 6.18. The number of ether oxygens (including phenoxy) is 2. The lowest BCUT2D eigenvalue weighted by Gasteiger charge is -2.08. The minimum atomic E-state index is -0.265. The largest absolute Gasteiger partial charge is 0.489 e. The zero-order valence-electron chi connectivity index (χ0n) is 18.1. The average Bonchev–Trinajstić information content (AvgIpc) is 3.26. The summed E-state index contributed by atoms with van der Waals surface area (Å²) in [5, 5.41) is 4.07. The van der Waals surface area contributed by atoms with E-state index in [1.807, 2.05) is 67.6 Å². The Labute approximate surface area is 202 Å². The van der Waals surface area contributed by atoms with Crippen molar-refractivity contribution in [1.82, 2.24) is 4.98 Å². The number of rotatable bonds is 9. The second kappa shape index (κ2) is 11.0. The number of aryl methyl sites for hydroxylation is 1. The van der Waals surface area contributed by atoms with Crippen molar-refractivity contribution < 1.29 is 14.3 Å². The number of benzene rings is 3. The highest BCUT2D eigenvalue weighted by Crippen LogP contribution is 2.24. The fourth-order valence-electron chi connectivity index (χ4n) is 3.07. The van der Waals surface area contributed by atoms with Gasteiger partial charge < -0.3 is 9.47 Å². The predicted octanol–water partition coefficient (Wildman–Crippen LogP) is 6.29. The number of hydrogen-bond acceptors (Lipinski definition) is 5. The van der Waals surface area contributed by atoms with E-state index in [2.05, 4.69) is 10.3 Å². The molecule has 0 radical (unpaired) electrons. The number of anilines is 1. The van der Waals surface area contributed by atoms with Crippen molar-refractivity contribution >= 4 is 34.0 Å². The Morgan fingerprint density at radius 3 is 2.42 bits per heavy atom. The Balaban J connectivity index is 1.22. The zero-order chi connectivity index (χ0) is 23.0. The normalized spacial score (nSPS) is 10.6. The van der Waals surface area contributed by atoms with Gasteiger partial charge in [-0.1, -0.05) is 54.1 Å². The van der Waals surface area contributed by atoms with Crippen molar-refractivity contribution in [1.29, 1.82) is 0 Å². The smallest absolute Gasteiger partial charge is 0.264 e. The maximum absolute atomic E-state index is 12.3. The summed E-state index contributed by atoms with van der Waals surface area (Å²) in [7, 11) is 0. The maximum atomic E-state index is 12.3. The number of amides is 1. The molecule has 0 atom stereocenters. The standard InChI is InChI=1S/C26H23ClN2O3S/c1-18-7-8-20(14-24(18)27)13-23-15-28-26(33-23)29-25(30)17-32-22-11-9-21(10-12-22)31-16-19-5-3-2-4-6-19/h2-12,14-15H,13,16-17H2,1H3,(H,28,29,30). The molecule has 33 heavy (non-hydrogen) atoms. The lowest BCUT2D eigenvalue weighted by atomic mass is 10.1. The Morgan fingerprint density at radius 1 is 0.970 bits per heavy atom. The number of carbonyl (C=O) groups is 1. The zero-order valence-corrected chi connectivity index (χ0v) is 19.7. The molecule has 4 rings (SSSR count). The van der Waals surface area contributed by atoms with Crippen molar-refractivity contribution in [3.63, 3.8) is 0 Å². The van der Waals surface area contributed by atoms with Crippen molar-refractivity contribution in [2.75, 3.05) is 11.9 Å². The van der Waals surface area contributed by atoms with Crippen LogP contribution >= 0.6 is 22.9 Å². The predicted molar refractivity (Wildman–Crippen MR) is 132 cm³/mol. The molecule has 5 nitrogen and oxygen atoms in total. The highest BCUT2D eigenvalue weighted by Gasteiger charge is 2.09. The van der Waals surface area contributed by atoms with Gasteiger partial charge >= 0.3 is 0 Å². The van der Waals surface area contributed by atoms with Gasteiger partial charge in [-0.2, -0.15) is 0 Å². The van der Waals surface area contributed by atoms with Gasteiger partial charge in [0.25, 0.3) is 5.91 Å². The lowest BCUT2D eigenvalue weighted by Crippen LogP contribution is -2.19. The summed E-state index contributed by atoms with van der Waals surface area (Å²) in [5.41, 5.74) is 3.25. The monoisotopic (exact) mass is 478 g/mol. The van der Waals surface area contributed by atoms with Crippen LogP contribution in [0.4, 0.5) is 5.13 Å². The Hall–Kier alpha value is -3.35. The van der Waals surface area contributed by atoms with Crippen LogP contribution in [-0.4, -0.2) is 17.5 Å². The van der Waals surface area contributed by atoms with Gasteiger partial charge in [-0.05, 0) is 53.9 Å². The first kappa shape index (κ1) is 22.8. The molecule has 3 aromatic carbocycles. The van der Waals surface area contributed by atoms with E-state index in [-0.39, 0.29) is 12.5 Å². The topological polar surface area (TPSA) is 60.5 Å². The second-order valence-electron chi connectivity index (χ2n) is 7.47. The second-order valence-corrected chi connectivity index (χ2v) is 9.00. The molecule has 0 saturated heterocycles. The van der Waals surface area contributed by atoms with Gasteiger partial charge in [-0.25, -0.2) is 4.98 Å². The Morgan fingerprint density at radius 2 is 1.70 bits per heavy atom. The summed E-state index contributed by atoms with van der Waals surface area (Å²) in [6, 6.07) is 23.2. The molecule has 0 bridgehead atoms. The van der Waals surface area contributed by atoms with E-state index in [0.29, 0.717) is 23.9 Å². The first-order valence-corrected chi connectivity index (χ1v) is 11.6. The van der Waals surface area contributed by atoms with Crippen LogP contribution < -0.4 is 14.8 Å². The molecule has 4 aromatic rings. The van der Waals surface area contributed by atoms with E-state index in [0.717, 1.165) is 32.3 Å². The Kier molecular flexibility index (Phi) is 7.60. The number of thiazole rings is 1. The first-order valence-electron chi connectivity index (χ1n) is 10.4. The van der Waals surface area contributed by atoms with E-state index in [1.54, 1.807) is 18.3 Å². The molecule has 168 valence electrons. The van der Waals surface area contributed by atoms with Gasteiger partial charge in [0.05, 0.1) is 0 Å². The van der Waals surface area contributed by atoms with Crippen LogP contribution in [0.3, 0.4) is 0 Å². The number of aromatic nitrogens is 1. The van der Waals surface area contributed by atoms with Gasteiger partial charge in [-0.3, -0.25) is 10.1 Å². The SMILES string of the molecule is Cc1ccc(Cc2cnc(NC(=O)COc3ccc(OCc4ccccc4)cc3)s2)cc1Cl. The minimum Gasteiger partial charge on any atom is -0.489 e. The molecule has 0 saturated carbocycles. The quantitative estimate of drug-likeness (QED) is 0.307. The summed E-state index contributed by atoms with van der Waals surface area (Å²) < 4.78 is 11.3. The summed E-state index contributed by atoms with van der Waals surface area (Å²) in [5.74, 6) is 1.06. The van der Waals surface area contributed by atoms with Gasteiger partial charge in [-0.15, -0.1) is 11.3 Å². The molecule has 0 fully saturated rings. The lowest BCUT2D eigenvalue weighted by molar-refractivity contribution is -0.118. The molecule has 1 N–H and O–H groups in total. The van der Waals surface area contributed by atoms with Gasteiger partial charge in [0, 0.05) is 22.5 Å². The third-order valence-electron chi connectivity index (χ3n) is 4.86. The number of carbonyl (C=O) groups excluding carboxylic acids is 1. The van der Waals surface area contributed by atoms with Gasteiger partial charge in [0.15, 0.2) is 11.7 Å². The summed E-state index contributed by atoms with van der Waals surface area (Å²) in [6.07, 6.45) is 2.48. The fraction of sp³-hybridized carbons (Fsp3) is 0.154. The fourth-order valence-corrected chi connectivity index (χ4v) is 4.14. The average molecular weight is 479 g/mol. The molecular formula is C26H23ClN2O3S. The van der Waals surface area contributed by atoms with E-state index < -0.39 is 0 Å². The number of nitrogens with zero attached hydrogens (tertiary/aromatic N) is 1. The summed E-state index contributed by atoms with van der Waals surface area (Å²) in [6.45, 7) is 2.37. The molecule has 1 amide bonds. The van der Waals surface area contributed by atoms with E-state index in [4.69, 9.17) is 21.1 Å². The van der Waals surface area contributed by atoms with Crippen LogP contribution in [0.25, 0.3) is 0 Å². The van der Waals surface area contributed by atoms with Crippen molar-refractivity contribution in [3.05, 3.63) is 106 Å². The van der Waals surface area contributed by atoms with E-state index in [9.17, 15) is 4.79 Å². The molecule has 0 aliphatic heterocycles. The number of hydrogen-bond donors (Lipinski definition) is 1. The van der Waals surface area contributed by atoms with Crippen LogP contribution in [0.1, 0.15) is 21.6 Å². The van der Waals surface area contributed by atoms with Gasteiger partial charge in [0.1, 0.15) is 18.1 Å². The summed E-state index contributed by atoms with van der Waals surface area (Å²) in [4.78, 5) is 17.6. The van der Waals surface area contributed by atoms with Crippen LogP contribution in [0.2, 0.25) is 5.02 Å². The third kappa shape index (κ3) is 6.81. The molecule has 0 unspecified atom stereocenters. The minimum absolute atomic E-state index is 0.104. The van der Waals surface area contributed by atoms with Crippen molar-refractivity contribution in [2.24, 2.45) is 0 Å². The van der Waals surface area contributed by atoms with Crippen LogP contribution in [0.15, 0.2) is 79.0 Å². The molecule has 0 spiro atoms. The van der Waals surface area contributed by atoms with E-state index >= 15 is 0 Å². The molecular weight excluding hydrogens is 456 g/mol. The molecule has 0 aliphatic rings.